The Morgan fingerprint density at radius 3 is 2.85 bits per heavy atom. The zero-order chi connectivity index (χ0) is 18.7. The number of hydrogen-bond donors (Lipinski definition) is 2. The van der Waals surface area contributed by atoms with Gasteiger partial charge in [-0.05, 0) is 49.2 Å². The Kier molecular flexibility index (Phi) is 5.04. The molecule has 26 heavy (non-hydrogen) atoms. The molecule has 6 nitrogen and oxygen atoms in total. The summed E-state index contributed by atoms with van der Waals surface area (Å²) in [5.41, 5.74) is 3.25. The Morgan fingerprint density at radius 2 is 2.15 bits per heavy atom. The fourth-order valence-electron chi connectivity index (χ4n) is 2.72. The first-order valence-electron chi connectivity index (χ1n) is 8.28. The maximum absolute atomic E-state index is 12.7. The molecule has 0 aliphatic carbocycles. The van der Waals surface area contributed by atoms with Crippen LogP contribution in [0.1, 0.15) is 25.0 Å². The second-order valence-electron chi connectivity index (χ2n) is 5.85. The number of fused-ring (bicyclic) bond motifs is 1. The van der Waals surface area contributed by atoms with E-state index in [2.05, 4.69) is 10.3 Å². The number of benzene rings is 1. The molecule has 0 bridgehead atoms. The van der Waals surface area contributed by atoms with E-state index in [1.165, 1.54) is 11.5 Å². The lowest BCUT2D eigenvalue weighted by molar-refractivity contribution is 0.280. The van der Waals surface area contributed by atoms with Crippen molar-refractivity contribution in [3.63, 3.8) is 0 Å². The molecule has 2 aromatic heterocycles. The highest BCUT2D eigenvalue weighted by Gasteiger charge is 2.15. The fraction of sp³-hybridized carbons (Fsp3) is 0.200. The van der Waals surface area contributed by atoms with Crippen molar-refractivity contribution in [1.29, 1.82) is 0 Å². The number of aliphatic hydroxyl groups is 1. The predicted octanol–water partition coefficient (Wildman–Crippen LogP) is 3.36. The summed E-state index contributed by atoms with van der Waals surface area (Å²) in [5, 5.41) is 12.9. The van der Waals surface area contributed by atoms with E-state index in [-0.39, 0.29) is 11.1 Å². The second-order valence-corrected chi connectivity index (χ2v) is 5.85. The molecule has 2 N–H and O–H groups in total. The van der Waals surface area contributed by atoms with Gasteiger partial charge in [-0.25, -0.2) is 4.98 Å². The number of methoxy groups -OCH3 is 1. The first-order chi connectivity index (χ1) is 12.6. The maximum Gasteiger partial charge on any atom is 0.265 e. The van der Waals surface area contributed by atoms with Crippen LogP contribution >= 0.6 is 0 Å². The van der Waals surface area contributed by atoms with Gasteiger partial charge in [-0.15, -0.1) is 0 Å². The van der Waals surface area contributed by atoms with Crippen LogP contribution in [0.3, 0.4) is 0 Å². The van der Waals surface area contributed by atoms with Crippen molar-refractivity contribution >= 4 is 22.7 Å². The van der Waals surface area contributed by atoms with Gasteiger partial charge in [0.15, 0.2) is 11.4 Å². The molecule has 3 rings (SSSR count). The number of aliphatic hydroxyl groups excluding tert-OH is 1. The smallest absolute Gasteiger partial charge is 0.265 e. The highest BCUT2D eigenvalue weighted by molar-refractivity contribution is 5.70. The van der Waals surface area contributed by atoms with Crippen LogP contribution in [0.4, 0.5) is 11.5 Å². The number of hydrogen-bond acceptors (Lipinski definition) is 5. The lowest BCUT2D eigenvalue weighted by atomic mass is 10.1. The average molecular weight is 351 g/mol. The molecule has 0 spiro atoms. The number of rotatable bonds is 5. The summed E-state index contributed by atoms with van der Waals surface area (Å²) in [6.07, 6.45) is 3.63. The van der Waals surface area contributed by atoms with Crippen LogP contribution in [-0.4, -0.2) is 21.6 Å². The van der Waals surface area contributed by atoms with E-state index in [0.717, 1.165) is 16.8 Å². The van der Waals surface area contributed by atoms with Crippen molar-refractivity contribution < 1.29 is 9.84 Å². The molecule has 0 radical (unpaired) electrons. The molecule has 1 aromatic carbocycles. The monoisotopic (exact) mass is 351 g/mol. The van der Waals surface area contributed by atoms with Gasteiger partial charge in [-0.2, -0.15) is 0 Å². The SMILES string of the molecule is CC=C(C)c1cccc(Nc2nc3c(OC)cccn3c(=O)c2CO)c1. The Bertz CT molecular complexity index is 1040. The highest BCUT2D eigenvalue weighted by atomic mass is 16.5. The number of aromatic nitrogens is 2. The number of nitrogens with zero attached hydrogens (tertiary/aromatic N) is 2. The maximum atomic E-state index is 12.7. The van der Waals surface area contributed by atoms with Crippen LogP contribution in [0, 0.1) is 0 Å². The molecule has 2 heterocycles. The third-order valence-corrected chi connectivity index (χ3v) is 4.30. The van der Waals surface area contributed by atoms with Crippen LogP contribution in [0.2, 0.25) is 0 Å². The quantitative estimate of drug-likeness (QED) is 0.737. The first-order valence-corrected chi connectivity index (χ1v) is 8.28. The summed E-state index contributed by atoms with van der Waals surface area (Å²) >= 11 is 0. The van der Waals surface area contributed by atoms with Gasteiger partial charge in [0.1, 0.15) is 5.82 Å². The molecule has 134 valence electrons. The van der Waals surface area contributed by atoms with Gasteiger partial charge in [0.25, 0.3) is 5.56 Å². The topological polar surface area (TPSA) is 75.9 Å². The van der Waals surface area contributed by atoms with Crippen LogP contribution in [0.15, 0.2) is 53.5 Å². The number of nitrogens with one attached hydrogen (secondary N) is 1. The van der Waals surface area contributed by atoms with Crippen molar-refractivity contribution in [1.82, 2.24) is 9.38 Å². The van der Waals surface area contributed by atoms with Crippen LogP contribution < -0.4 is 15.6 Å². The lowest BCUT2D eigenvalue weighted by Gasteiger charge is -2.13. The van der Waals surface area contributed by atoms with Crippen LogP contribution in [-0.2, 0) is 6.61 Å². The highest BCUT2D eigenvalue weighted by Crippen LogP contribution is 2.24. The van der Waals surface area contributed by atoms with Gasteiger partial charge >= 0.3 is 0 Å². The molecule has 0 saturated heterocycles. The lowest BCUT2D eigenvalue weighted by Crippen LogP contribution is -2.22. The Morgan fingerprint density at radius 1 is 1.35 bits per heavy atom. The molecule has 3 aromatic rings. The molecular formula is C20H21N3O3. The second kappa shape index (κ2) is 7.41. The third kappa shape index (κ3) is 3.19. The summed E-state index contributed by atoms with van der Waals surface area (Å²) < 4.78 is 6.68. The van der Waals surface area contributed by atoms with E-state index in [9.17, 15) is 9.90 Å². The van der Waals surface area contributed by atoms with Crippen LogP contribution in [0.5, 0.6) is 5.75 Å². The number of allylic oxidation sites excluding steroid dienone is 2. The fourth-order valence-corrected chi connectivity index (χ4v) is 2.72. The molecular weight excluding hydrogens is 330 g/mol. The average Bonchev–Trinajstić information content (AvgIpc) is 2.67. The molecule has 0 saturated carbocycles. The molecule has 0 unspecified atom stereocenters. The van der Waals surface area contributed by atoms with Gasteiger partial charge in [0, 0.05) is 11.9 Å². The summed E-state index contributed by atoms with van der Waals surface area (Å²) in [5.74, 6) is 0.799. The molecule has 0 fully saturated rings. The van der Waals surface area contributed by atoms with Gasteiger partial charge in [-0.3, -0.25) is 9.20 Å². The van der Waals surface area contributed by atoms with Gasteiger partial charge in [-0.1, -0.05) is 18.2 Å². The Hall–Kier alpha value is -3.12. The Labute approximate surface area is 151 Å². The van der Waals surface area contributed by atoms with Crippen molar-refractivity contribution in [3.8, 4) is 5.75 Å². The summed E-state index contributed by atoms with van der Waals surface area (Å²) in [4.78, 5) is 17.2. The minimum Gasteiger partial charge on any atom is -0.493 e. The normalized spacial score (nSPS) is 11.6. The van der Waals surface area contributed by atoms with E-state index in [4.69, 9.17) is 4.74 Å². The van der Waals surface area contributed by atoms with Crippen molar-refractivity contribution in [2.45, 2.75) is 20.5 Å². The minimum absolute atomic E-state index is 0.198. The zero-order valence-electron chi connectivity index (χ0n) is 15.0. The predicted molar refractivity (Wildman–Crippen MR) is 103 cm³/mol. The number of anilines is 2. The number of ether oxygens (including phenoxy) is 1. The molecule has 0 amide bonds. The molecule has 6 heteroatoms. The largest absolute Gasteiger partial charge is 0.493 e. The van der Waals surface area contributed by atoms with E-state index in [1.54, 1.807) is 18.3 Å². The van der Waals surface area contributed by atoms with Crippen molar-refractivity contribution in [2.75, 3.05) is 12.4 Å². The minimum atomic E-state index is -0.415. The first kappa shape index (κ1) is 17.7. The third-order valence-electron chi connectivity index (χ3n) is 4.30. The zero-order valence-corrected chi connectivity index (χ0v) is 15.0. The van der Waals surface area contributed by atoms with Gasteiger partial charge in [0.2, 0.25) is 0 Å². The molecule has 0 aliphatic heterocycles. The summed E-state index contributed by atoms with van der Waals surface area (Å²) in [7, 11) is 1.53. The summed E-state index contributed by atoms with van der Waals surface area (Å²) in [6, 6.07) is 11.2. The van der Waals surface area contributed by atoms with E-state index < -0.39 is 6.61 Å². The van der Waals surface area contributed by atoms with E-state index in [0.29, 0.717) is 17.2 Å². The van der Waals surface area contributed by atoms with Gasteiger partial charge in [0.05, 0.1) is 19.3 Å². The molecule has 0 atom stereocenters. The molecule has 0 aliphatic rings. The Balaban J connectivity index is 2.14. The standard InChI is InChI=1S/C20H21N3O3/c1-4-13(2)14-7-5-8-15(11-14)21-18-16(12-24)20(25)23-10-6-9-17(26-3)19(23)22-18/h4-11,21,24H,12H2,1-3H3. The van der Waals surface area contributed by atoms with E-state index in [1.807, 2.05) is 44.2 Å². The van der Waals surface area contributed by atoms with E-state index >= 15 is 0 Å². The van der Waals surface area contributed by atoms with Crippen LogP contribution in [0.25, 0.3) is 11.2 Å². The summed E-state index contributed by atoms with van der Waals surface area (Å²) in [6.45, 7) is 3.60. The van der Waals surface area contributed by atoms with Crippen molar-refractivity contribution in [3.05, 3.63) is 70.2 Å². The number of pyridine rings is 1. The van der Waals surface area contributed by atoms with Gasteiger partial charge < -0.3 is 15.2 Å². The van der Waals surface area contributed by atoms with Crippen molar-refractivity contribution in [2.24, 2.45) is 0 Å².